The van der Waals surface area contributed by atoms with Gasteiger partial charge in [0.25, 0.3) is 5.91 Å². The summed E-state index contributed by atoms with van der Waals surface area (Å²) in [5.41, 5.74) is 0.964. The van der Waals surface area contributed by atoms with Gasteiger partial charge in [-0.05, 0) is 80.9 Å². The number of fused-ring (bicyclic) bond motifs is 9. The number of hydrogen-bond donors (Lipinski definition) is 2. The van der Waals surface area contributed by atoms with E-state index in [-0.39, 0.29) is 76.4 Å². The van der Waals surface area contributed by atoms with Crippen LogP contribution in [-0.4, -0.2) is 81.7 Å². The lowest BCUT2D eigenvalue weighted by molar-refractivity contribution is -0.141. The molecule has 1 aromatic heterocycles. The number of unbranched alkanes of at least 4 members (excludes halogenated alkanes) is 2. The summed E-state index contributed by atoms with van der Waals surface area (Å²) >= 11 is 2.86. The first-order valence-electron chi connectivity index (χ1n) is 16.9. The Morgan fingerprint density at radius 2 is 1.74 bits per heavy atom. The van der Waals surface area contributed by atoms with E-state index < -0.39 is 5.97 Å². The Morgan fingerprint density at radius 1 is 0.979 bits per heavy atom. The van der Waals surface area contributed by atoms with E-state index in [0.717, 1.165) is 54.2 Å². The summed E-state index contributed by atoms with van der Waals surface area (Å²) in [5, 5.41) is 9.84. The molecule has 3 amide bonds. The fourth-order valence-corrected chi connectivity index (χ4v) is 11.8. The van der Waals surface area contributed by atoms with Gasteiger partial charge in [-0.3, -0.25) is 28.9 Å². The number of thiazole rings is 1. The van der Waals surface area contributed by atoms with Crippen molar-refractivity contribution in [3.8, 4) is 11.5 Å². The molecule has 0 spiro atoms. The van der Waals surface area contributed by atoms with Gasteiger partial charge in [0.05, 0.1) is 23.5 Å². The van der Waals surface area contributed by atoms with Crippen molar-refractivity contribution < 1.29 is 33.8 Å². The Balaban J connectivity index is 1.14. The van der Waals surface area contributed by atoms with E-state index in [2.05, 4.69) is 4.98 Å². The monoisotopic (exact) mass is 683 g/mol. The highest BCUT2D eigenvalue weighted by molar-refractivity contribution is 8.00. The van der Waals surface area contributed by atoms with Gasteiger partial charge < -0.3 is 24.5 Å². The molecule has 252 valence electrons. The molecule has 4 heterocycles. The molecule has 3 aliphatic heterocycles. The maximum absolute atomic E-state index is 13.8. The Labute approximate surface area is 281 Å². The highest BCUT2D eigenvalue weighted by Crippen LogP contribution is 2.68. The van der Waals surface area contributed by atoms with E-state index in [1.807, 2.05) is 30.0 Å². The summed E-state index contributed by atoms with van der Waals surface area (Å²) in [6.45, 7) is 4.09. The van der Waals surface area contributed by atoms with Crippen molar-refractivity contribution in [3.63, 3.8) is 0 Å². The molecule has 1 aromatic carbocycles. The van der Waals surface area contributed by atoms with Crippen LogP contribution in [0.4, 0.5) is 0 Å². The maximum atomic E-state index is 13.8. The third-order valence-electron chi connectivity index (χ3n) is 10.8. The minimum absolute atomic E-state index is 0.0000492. The first kappa shape index (κ1) is 32.2. The smallest absolute Gasteiger partial charge is 0.305 e. The summed E-state index contributed by atoms with van der Waals surface area (Å²) in [6.07, 6.45) is 5.81. The van der Waals surface area contributed by atoms with Gasteiger partial charge in [0, 0.05) is 42.1 Å². The number of aliphatic carboxylic acids is 1. The largest absolute Gasteiger partial charge is 0.490 e. The van der Waals surface area contributed by atoms with Gasteiger partial charge in [0.15, 0.2) is 18.1 Å². The number of carboxylic acid groups (broad SMARTS) is 1. The predicted molar refractivity (Wildman–Crippen MR) is 175 cm³/mol. The van der Waals surface area contributed by atoms with Gasteiger partial charge in [-0.15, -0.1) is 11.8 Å². The van der Waals surface area contributed by atoms with Gasteiger partial charge >= 0.3 is 10.8 Å². The Morgan fingerprint density at radius 3 is 2.49 bits per heavy atom. The number of benzene rings is 1. The molecule has 11 nitrogen and oxygen atoms in total. The van der Waals surface area contributed by atoms with Crippen LogP contribution in [0.2, 0.25) is 0 Å². The van der Waals surface area contributed by atoms with Crippen LogP contribution in [0.1, 0.15) is 74.6 Å². The molecule has 0 radical (unpaired) electrons. The van der Waals surface area contributed by atoms with E-state index in [0.29, 0.717) is 43.9 Å². The number of rotatable bonds is 12. The molecule has 5 aliphatic rings. The van der Waals surface area contributed by atoms with Crippen LogP contribution in [0.3, 0.4) is 0 Å². The number of ether oxygens (including phenoxy) is 2. The lowest BCUT2D eigenvalue weighted by Gasteiger charge is -2.43. The molecule has 2 N–H and O–H groups in total. The van der Waals surface area contributed by atoms with Gasteiger partial charge in [-0.2, -0.15) is 0 Å². The average molecular weight is 684 g/mol. The van der Waals surface area contributed by atoms with Crippen LogP contribution in [0.25, 0.3) is 0 Å². The topological polar surface area (TPSA) is 146 Å². The number of H-pyrrole nitrogens is 1. The quantitative estimate of drug-likeness (QED) is 0.246. The first-order valence-corrected chi connectivity index (χ1v) is 18.6. The van der Waals surface area contributed by atoms with Gasteiger partial charge in [-0.1, -0.05) is 23.8 Å². The number of carbonyl (C=O) groups excluding carboxylic acids is 3. The lowest BCUT2D eigenvalue weighted by Crippen LogP contribution is -2.42. The van der Waals surface area contributed by atoms with Crippen molar-refractivity contribution in [1.82, 2.24) is 14.8 Å². The normalized spacial score (nSPS) is 29.1. The number of nitrogens with one attached hydrogen (secondary N) is 1. The summed E-state index contributed by atoms with van der Waals surface area (Å²) in [4.78, 5) is 71.1. The van der Waals surface area contributed by atoms with E-state index in [1.165, 1.54) is 16.2 Å². The highest BCUT2D eigenvalue weighted by Gasteiger charge is 2.69. The number of imide groups is 1. The lowest BCUT2D eigenvalue weighted by atomic mass is 9.68. The zero-order valence-corrected chi connectivity index (χ0v) is 28.1. The van der Waals surface area contributed by atoms with Gasteiger partial charge in [0.1, 0.15) is 0 Å². The van der Waals surface area contributed by atoms with Crippen molar-refractivity contribution in [2.24, 2.45) is 29.6 Å². The van der Waals surface area contributed by atoms with Gasteiger partial charge in [0.2, 0.25) is 11.8 Å². The molecule has 2 aliphatic carbocycles. The van der Waals surface area contributed by atoms with Crippen LogP contribution in [0.15, 0.2) is 28.0 Å². The molecule has 2 aromatic rings. The Bertz CT molecular complexity index is 1620. The van der Waals surface area contributed by atoms with E-state index in [9.17, 15) is 24.0 Å². The second-order valence-corrected chi connectivity index (χ2v) is 15.6. The number of aromatic nitrogens is 1. The number of amides is 3. The highest BCUT2D eigenvalue weighted by atomic mass is 32.2. The summed E-state index contributed by atoms with van der Waals surface area (Å²) in [6, 6.07) is 5.80. The second kappa shape index (κ2) is 13.3. The standard InChI is InChI=1S/C34H41N3O8S2/c1-2-44-22-15-18(10-11-21(22)45-17-23(38)36-12-6-4-7-13-36)25-26-19-16-20(29(26)46-31-30(25)47-34(43)35-31)28-27(19)32(41)37(33(28)42)14-8-3-5-9-24(39)40/h10-11,15,19-20,25-29H,2-9,12-14,16-17H2,1H3,(H,35,43)(H,39,40)/t19?,20?,25-,26?,27?,28?,29?/m1/s1. The second-order valence-electron chi connectivity index (χ2n) is 13.4. The molecule has 7 rings (SSSR count). The first-order chi connectivity index (χ1) is 22.8. The van der Waals surface area contributed by atoms with E-state index in [1.54, 1.807) is 11.8 Å². The SMILES string of the molecule is CCOc1cc([C@H]2c3sc(=O)[nH]c3SC3C4CC(C5C(=O)N(CCCCCC(=O)O)C(=O)C45)C32)ccc1OCC(=O)N1CCCCC1. The minimum Gasteiger partial charge on any atom is -0.490 e. The number of carboxylic acids is 1. The van der Waals surface area contributed by atoms with Crippen molar-refractivity contribution >= 4 is 46.8 Å². The number of piperidine rings is 1. The molecule has 4 fully saturated rings. The third-order valence-corrected chi connectivity index (χ3v) is 13.4. The predicted octanol–water partition coefficient (Wildman–Crippen LogP) is 4.34. The number of carbonyl (C=O) groups is 4. The molecule has 7 atom stereocenters. The molecule has 2 bridgehead atoms. The zero-order chi connectivity index (χ0) is 32.8. The summed E-state index contributed by atoms with van der Waals surface area (Å²) < 4.78 is 12.1. The van der Waals surface area contributed by atoms with Crippen molar-refractivity contribution in [2.45, 2.75) is 74.5 Å². The number of aromatic amines is 1. The number of likely N-dealkylation sites (tertiary alicyclic amines) is 2. The van der Waals surface area contributed by atoms with Crippen LogP contribution in [0, 0.1) is 29.6 Å². The van der Waals surface area contributed by atoms with Crippen molar-refractivity contribution in [1.29, 1.82) is 0 Å². The number of hydrogen-bond acceptors (Lipinski definition) is 9. The summed E-state index contributed by atoms with van der Waals surface area (Å²) in [5.74, 6) is -0.828. The molecular weight excluding hydrogens is 643 g/mol. The van der Waals surface area contributed by atoms with Crippen molar-refractivity contribution in [2.75, 3.05) is 32.8 Å². The van der Waals surface area contributed by atoms with Crippen LogP contribution in [-0.2, 0) is 19.2 Å². The van der Waals surface area contributed by atoms with E-state index in [4.69, 9.17) is 14.6 Å². The Hall–Kier alpha value is -3.32. The molecule has 47 heavy (non-hydrogen) atoms. The molecular formula is C34H41N3O8S2. The maximum Gasteiger partial charge on any atom is 0.305 e. The molecule has 2 saturated heterocycles. The van der Waals surface area contributed by atoms with E-state index >= 15 is 0 Å². The van der Waals surface area contributed by atoms with Gasteiger partial charge in [-0.25, -0.2) is 0 Å². The number of nitrogens with zero attached hydrogens (tertiary/aromatic N) is 2. The van der Waals surface area contributed by atoms with Crippen LogP contribution in [0.5, 0.6) is 11.5 Å². The average Bonchev–Trinajstić information content (AvgIpc) is 3.80. The fourth-order valence-electron chi connectivity index (χ4n) is 8.87. The third kappa shape index (κ3) is 5.87. The van der Waals surface area contributed by atoms with Crippen LogP contribution >= 0.6 is 23.1 Å². The zero-order valence-electron chi connectivity index (χ0n) is 26.5. The number of thioether (sulfide) groups is 1. The summed E-state index contributed by atoms with van der Waals surface area (Å²) in [7, 11) is 0. The fraction of sp³-hybridized carbons (Fsp3) is 0.618. The Kier molecular flexibility index (Phi) is 9.12. The molecule has 6 unspecified atom stereocenters. The molecule has 13 heteroatoms. The minimum atomic E-state index is -0.840. The van der Waals surface area contributed by atoms with Crippen molar-refractivity contribution in [3.05, 3.63) is 38.3 Å². The molecule has 2 saturated carbocycles. The van der Waals surface area contributed by atoms with Crippen LogP contribution < -0.4 is 14.3 Å².